The number of nitrogens with one attached hydrogen (secondary N) is 1. The third-order valence-corrected chi connectivity index (χ3v) is 5.47. The van der Waals surface area contributed by atoms with Crippen LogP contribution in [0.15, 0.2) is 15.8 Å². The predicted molar refractivity (Wildman–Crippen MR) is 103 cm³/mol. The van der Waals surface area contributed by atoms with E-state index in [0.29, 0.717) is 15.6 Å². The van der Waals surface area contributed by atoms with E-state index in [1.807, 2.05) is 26.2 Å². The first-order valence-corrected chi connectivity index (χ1v) is 9.91. The van der Waals surface area contributed by atoms with Gasteiger partial charge < -0.3 is 14.6 Å². The molecule has 1 heterocycles. The fourth-order valence-electron chi connectivity index (χ4n) is 1.57. The fraction of sp³-hybridized carbons (Fsp3) is 0.625. The molecule has 1 aromatic rings. The molecule has 0 aliphatic rings. The van der Waals surface area contributed by atoms with Gasteiger partial charge in [0, 0.05) is 0 Å². The van der Waals surface area contributed by atoms with Crippen LogP contribution in [0.5, 0.6) is 0 Å². The SMILES string of the molecule is C[C@H](NC(=O)OC(C)(C)C)/C(=N/[S+]([O-])C(C)(C)C)c1sccc1Cl. The molecule has 0 aliphatic heterocycles. The predicted octanol–water partition coefficient (Wildman–Crippen LogP) is 4.57. The zero-order chi connectivity index (χ0) is 18.7. The molecule has 0 radical (unpaired) electrons. The van der Waals surface area contributed by atoms with Crippen molar-refractivity contribution < 1.29 is 14.1 Å². The summed E-state index contributed by atoms with van der Waals surface area (Å²) < 4.78 is 21.5. The highest BCUT2D eigenvalue weighted by Gasteiger charge is 2.30. The summed E-state index contributed by atoms with van der Waals surface area (Å²) in [7, 11) is 0. The summed E-state index contributed by atoms with van der Waals surface area (Å²) in [6.45, 7) is 12.6. The lowest BCUT2D eigenvalue weighted by atomic mass is 10.1. The lowest BCUT2D eigenvalue weighted by molar-refractivity contribution is 0.0521. The Morgan fingerprint density at radius 3 is 2.38 bits per heavy atom. The average Bonchev–Trinajstić information content (AvgIpc) is 2.77. The summed E-state index contributed by atoms with van der Waals surface area (Å²) >= 11 is 6.12. The Bertz CT molecular complexity index is 603. The van der Waals surface area contributed by atoms with Crippen molar-refractivity contribution in [3.05, 3.63) is 21.3 Å². The van der Waals surface area contributed by atoms with Crippen LogP contribution in [0.2, 0.25) is 5.02 Å². The normalized spacial score (nSPS) is 15.8. The van der Waals surface area contributed by atoms with E-state index in [2.05, 4.69) is 9.71 Å². The average molecular weight is 393 g/mol. The van der Waals surface area contributed by atoms with Crippen LogP contribution in [0.3, 0.4) is 0 Å². The third kappa shape index (κ3) is 6.63. The summed E-state index contributed by atoms with van der Waals surface area (Å²) in [5.74, 6) is 0. The molecular formula is C16H25ClN2O3S2. The van der Waals surface area contributed by atoms with Crippen molar-refractivity contribution in [1.82, 2.24) is 5.32 Å². The highest BCUT2D eigenvalue weighted by Crippen LogP contribution is 2.27. The van der Waals surface area contributed by atoms with Gasteiger partial charge in [0.25, 0.3) is 0 Å². The largest absolute Gasteiger partial charge is 0.591 e. The number of carbonyl (C=O) groups excluding carboxylic acids is 1. The molecule has 0 saturated carbocycles. The first kappa shape index (κ1) is 21.3. The summed E-state index contributed by atoms with van der Waals surface area (Å²) in [6.07, 6.45) is -0.558. The van der Waals surface area contributed by atoms with Crippen LogP contribution < -0.4 is 5.32 Å². The van der Waals surface area contributed by atoms with E-state index >= 15 is 0 Å². The van der Waals surface area contributed by atoms with Gasteiger partial charge in [-0.05, 0) is 59.9 Å². The number of rotatable bonds is 4. The highest BCUT2D eigenvalue weighted by atomic mass is 35.5. The second-order valence-electron chi connectivity index (χ2n) is 7.30. The molecule has 0 aliphatic carbocycles. The number of hydrogen-bond donors (Lipinski definition) is 1. The molecule has 24 heavy (non-hydrogen) atoms. The van der Waals surface area contributed by atoms with Crippen LogP contribution in [-0.4, -0.2) is 32.7 Å². The fourth-order valence-corrected chi connectivity index (χ4v) is 3.56. The maximum absolute atomic E-state index is 12.4. The highest BCUT2D eigenvalue weighted by molar-refractivity contribution is 7.91. The molecule has 1 aromatic heterocycles. The van der Waals surface area contributed by atoms with Crippen LogP contribution in [-0.2, 0) is 16.1 Å². The van der Waals surface area contributed by atoms with E-state index in [1.54, 1.807) is 33.8 Å². The van der Waals surface area contributed by atoms with Gasteiger partial charge in [0.05, 0.1) is 15.9 Å². The van der Waals surface area contributed by atoms with Crippen molar-refractivity contribution >= 4 is 46.1 Å². The summed E-state index contributed by atoms with van der Waals surface area (Å²) in [6, 6.07) is 1.25. The number of halogens is 1. The minimum absolute atomic E-state index is 0.481. The Kier molecular flexibility index (Phi) is 7.16. The molecule has 1 unspecified atom stereocenters. The summed E-state index contributed by atoms with van der Waals surface area (Å²) in [5.41, 5.74) is -0.121. The standard InChI is InChI=1S/C16H25ClN2O3S2/c1-10(18-14(20)22-15(2,3)4)12(13-11(17)8-9-23-13)19-24(21)16(5,6)7/h8-10H,1-7H3,(H,18,20)/b19-12-/t10-,24?/m0/s1. The van der Waals surface area contributed by atoms with E-state index in [0.717, 1.165) is 0 Å². The molecule has 0 fully saturated rings. The lowest BCUT2D eigenvalue weighted by Gasteiger charge is -2.23. The molecule has 1 rings (SSSR count). The second kappa shape index (κ2) is 8.08. The van der Waals surface area contributed by atoms with Crippen LogP contribution in [0.1, 0.15) is 53.3 Å². The number of nitrogens with zero attached hydrogens (tertiary/aromatic N) is 1. The second-order valence-corrected chi connectivity index (χ2v) is 10.5. The van der Waals surface area contributed by atoms with Crippen molar-refractivity contribution in [2.24, 2.45) is 4.40 Å². The Hall–Kier alpha value is -0.760. The third-order valence-electron chi connectivity index (χ3n) is 2.70. The molecule has 5 nitrogen and oxygen atoms in total. The van der Waals surface area contributed by atoms with Gasteiger partial charge >= 0.3 is 6.09 Å². The van der Waals surface area contributed by atoms with Gasteiger partial charge in [-0.3, -0.25) is 0 Å². The lowest BCUT2D eigenvalue weighted by Crippen LogP contribution is -2.42. The topological polar surface area (TPSA) is 73.8 Å². The molecule has 136 valence electrons. The molecule has 0 aromatic carbocycles. The maximum Gasteiger partial charge on any atom is 0.408 e. The molecule has 2 atom stereocenters. The number of amides is 1. The molecule has 1 N–H and O–H groups in total. The van der Waals surface area contributed by atoms with E-state index < -0.39 is 33.8 Å². The molecular weight excluding hydrogens is 368 g/mol. The van der Waals surface area contributed by atoms with Crippen LogP contribution in [0.4, 0.5) is 4.79 Å². The molecule has 0 bridgehead atoms. The van der Waals surface area contributed by atoms with Gasteiger partial charge in [0.2, 0.25) is 0 Å². The van der Waals surface area contributed by atoms with Crippen molar-refractivity contribution in [2.45, 2.75) is 64.9 Å². The zero-order valence-corrected chi connectivity index (χ0v) is 17.5. The Labute approximate surface area is 156 Å². The van der Waals surface area contributed by atoms with Gasteiger partial charge in [-0.1, -0.05) is 16.0 Å². The minimum Gasteiger partial charge on any atom is -0.591 e. The van der Waals surface area contributed by atoms with Crippen LogP contribution >= 0.6 is 22.9 Å². The first-order chi connectivity index (χ1) is 10.8. The van der Waals surface area contributed by atoms with Gasteiger partial charge in [-0.15, -0.1) is 11.3 Å². The van der Waals surface area contributed by atoms with Crippen molar-refractivity contribution in [1.29, 1.82) is 0 Å². The minimum atomic E-state index is -1.47. The smallest absolute Gasteiger partial charge is 0.408 e. The van der Waals surface area contributed by atoms with E-state index in [4.69, 9.17) is 16.3 Å². The first-order valence-electron chi connectivity index (χ1n) is 7.54. The van der Waals surface area contributed by atoms with Gasteiger partial charge in [-0.25, -0.2) is 4.79 Å². The van der Waals surface area contributed by atoms with Crippen molar-refractivity contribution in [3.8, 4) is 0 Å². The maximum atomic E-state index is 12.4. The van der Waals surface area contributed by atoms with E-state index in [9.17, 15) is 9.35 Å². The van der Waals surface area contributed by atoms with Crippen molar-refractivity contribution in [2.75, 3.05) is 0 Å². The van der Waals surface area contributed by atoms with E-state index in [-0.39, 0.29) is 0 Å². The Balaban J connectivity index is 3.08. The molecule has 0 spiro atoms. The van der Waals surface area contributed by atoms with Gasteiger partial charge in [-0.2, -0.15) is 0 Å². The summed E-state index contributed by atoms with van der Waals surface area (Å²) in [5, 5.41) is 5.07. The van der Waals surface area contributed by atoms with Gasteiger partial charge in [0.1, 0.15) is 27.4 Å². The molecule has 8 heteroatoms. The molecule has 1 amide bonds. The van der Waals surface area contributed by atoms with Gasteiger partial charge in [0.15, 0.2) is 0 Å². The van der Waals surface area contributed by atoms with Crippen molar-refractivity contribution in [3.63, 3.8) is 0 Å². The van der Waals surface area contributed by atoms with Crippen LogP contribution in [0.25, 0.3) is 0 Å². The Morgan fingerprint density at radius 1 is 1.38 bits per heavy atom. The Morgan fingerprint density at radius 2 is 1.96 bits per heavy atom. The quantitative estimate of drug-likeness (QED) is 0.602. The summed E-state index contributed by atoms with van der Waals surface area (Å²) in [4.78, 5) is 12.7. The molecule has 0 saturated heterocycles. The number of ether oxygens (including phenoxy) is 1. The van der Waals surface area contributed by atoms with E-state index in [1.165, 1.54) is 11.3 Å². The van der Waals surface area contributed by atoms with Crippen LogP contribution in [0, 0.1) is 0 Å². The monoisotopic (exact) mass is 392 g/mol. The number of carbonyl (C=O) groups is 1. The number of alkyl carbamates (subject to hydrolysis) is 1. The number of hydrogen-bond acceptors (Lipinski definition) is 5. The zero-order valence-electron chi connectivity index (χ0n) is 15.1. The number of thiophene rings is 1.